The smallest absolute Gasteiger partial charge is 0.0123 e. The Kier molecular flexibility index (Phi) is 8.06. The molecule has 0 saturated heterocycles. The van der Waals surface area contributed by atoms with Crippen molar-refractivity contribution in [2.45, 2.75) is 97.9 Å². The topological polar surface area (TPSA) is 12.0 Å². The summed E-state index contributed by atoms with van der Waals surface area (Å²) in [6.07, 6.45) is 14.3. The minimum atomic E-state index is 0.621. The Morgan fingerprint density at radius 2 is 1.68 bits per heavy atom. The van der Waals surface area contributed by atoms with Gasteiger partial charge in [0, 0.05) is 6.04 Å². The van der Waals surface area contributed by atoms with Gasteiger partial charge in [0.1, 0.15) is 0 Å². The summed E-state index contributed by atoms with van der Waals surface area (Å²) >= 11 is 0. The van der Waals surface area contributed by atoms with Crippen LogP contribution in [-0.2, 0) is 0 Å². The molecule has 0 radical (unpaired) electrons. The summed E-state index contributed by atoms with van der Waals surface area (Å²) in [6, 6.07) is 0.777. The standard InChI is InChI=1S/C18H37N/c1-5-7-8-9-12-17(19-6-2)18(15-16(3)4)13-10-11-14-18/h16-17,19H,5-15H2,1-4H3. The second-order valence-electron chi connectivity index (χ2n) is 7.13. The van der Waals surface area contributed by atoms with Gasteiger partial charge in [-0.15, -0.1) is 0 Å². The number of rotatable bonds is 10. The van der Waals surface area contributed by atoms with Gasteiger partial charge >= 0.3 is 0 Å². The molecule has 1 unspecified atom stereocenters. The van der Waals surface area contributed by atoms with Crippen molar-refractivity contribution in [2.24, 2.45) is 11.3 Å². The fourth-order valence-electron chi connectivity index (χ4n) is 4.23. The van der Waals surface area contributed by atoms with Crippen LogP contribution < -0.4 is 5.32 Å². The largest absolute Gasteiger partial charge is 0.314 e. The van der Waals surface area contributed by atoms with Gasteiger partial charge in [-0.2, -0.15) is 0 Å². The Morgan fingerprint density at radius 1 is 1.00 bits per heavy atom. The highest BCUT2D eigenvalue weighted by atomic mass is 14.9. The van der Waals surface area contributed by atoms with Crippen molar-refractivity contribution in [2.75, 3.05) is 6.54 Å². The van der Waals surface area contributed by atoms with E-state index in [1.807, 2.05) is 0 Å². The minimum Gasteiger partial charge on any atom is -0.314 e. The van der Waals surface area contributed by atoms with Gasteiger partial charge in [0.25, 0.3) is 0 Å². The van der Waals surface area contributed by atoms with Gasteiger partial charge in [0.15, 0.2) is 0 Å². The van der Waals surface area contributed by atoms with Crippen molar-refractivity contribution in [3.05, 3.63) is 0 Å². The average Bonchev–Trinajstić information content (AvgIpc) is 2.82. The third-order valence-electron chi connectivity index (χ3n) is 4.95. The van der Waals surface area contributed by atoms with Crippen LogP contribution in [0.15, 0.2) is 0 Å². The Bertz CT molecular complexity index is 216. The molecule has 0 aromatic rings. The molecule has 19 heavy (non-hydrogen) atoms. The first-order chi connectivity index (χ1) is 9.14. The van der Waals surface area contributed by atoms with Crippen LogP contribution in [0.25, 0.3) is 0 Å². The maximum atomic E-state index is 3.85. The molecule has 1 N–H and O–H groups in total. The molecule has 0 aromatic carbocycles. The van der Waals surface area contributed by atoms with E-state index in [0.29, 0.717) is 5.41 Å². The molecule has 1 rings (SSSR count). The van der Waals surface area contributed by atoms with Crippen molar-refractivity contribution >= 4 is 0 Å². The number of hydrogen-bond donors (Lipinski definition) is 1. The molecule has 0 amide bonds. The zero-order chi connectivity index (χ0) is 14.1. The van der Waals surface area contributed by atoms with Crippen LogP contribution >= 0.6 is 0 Å². The first-order valence-corrected chi connectivity index (χ1v) is 8.88. The Labute approximate surface area is 121 Å². The fraction of sp³-hybridized carbons (Fsp3) is 1.00. The fourth-order valence-corrected chi connectivity index (χ4v) is 4.23. The quantitative estimate of drug-likeness (QED) is 0.512. The molecule has 0 aromatic heterocycles. The molecule has 1 atom stereocenters. The van der Waals surface area contributed by atoms with Crippen molar-refractivity contribution in [3.63, 3.8) is 0 Å². The van der Waals surface area contributed by atoms with Crippen LogP contribution in [0.2, 0.25) is 0 Å². The Hall–Kier alpha value is -0.0400. The van der Waals surface area contributed by atoms with Crippen molar-refractivity contribution in [1.82, 2.24) is 5.32 Å². The molecule has 1 nitrogen and oxygen atoms in total. The molecule has 0 spiro atoms. The zero-order valence-electron chi connectivity index (χ0n) is 13.9. The van der Waals surface area contributed by atoms with E-state index in [1.54, 1.807) is 0 Å². The van der Waals surface area contributed by atoms with Gasteiger partial charge in [0.2, 0.25) is 0 Å². The highest BCUT2D eigenvalue weighted by molar-refractivity contribution is 4.95. The van der Waals surface area contributed by atoms with Crippen LogP contribution in [0.3, 0.4) is 0 Å². The first-order valence-electron chi connectivity index (χ1n) is 8.88. The Morgan fingerprint density at radius 3 is 2.21 bits per heavy atom. The van der Waals surface area contributed by atoms with Gasteiger partial charge in [0.05, 0.1) is 0 Å². The highest BCUT2D eigenvalue weighted by Gasteiger charge is 2.40. The summed E-state index contributed by atoms with van der Waals surface area (Å²) in [4.78, 5) is 0. The lowest BCUT2D eigenvalue weighted by molar-refractivity contribution is 0.146. The van der Waals surface area contributed by atoms with E-state index in [0.717, 1.165) is 18.5 Å². The van der Waals surface area contributed by atoms with Gasteiger partial charge in [-0.05, 0) is 43.6 Å². The van der Waals surface area contributed by atoms with Crippen molar-refractivity contribution < 1.29 is 0 Å². The minimum absolute atomic E-state index is 0.621. The summed E-state index contributed by atoms with van der Waals surface area (Å²) in [5.41, 5.74) is 0.621. The molecule has 1 aliphatic rings. The average molecular weight is 268 g/mol. The van der Waals surface area contributed by atoms with Crippen molar-refractivity contribution in [1.29, 1.82) is 0 Å². The lowest BCUT2D eigenvalue weighted by Gasteiger charge is -2.40. The SMILES string of the molecule is CCCCCCC(NCC)C1(CC(C)C)CCCC1. The van der Waals surface area contributed by atoms with Gasteiger partial charge in [-0.3, -0.25) is 0 Å². The van der Waals surface area contributed by atoms with E-state index in [2.05, 4.69) is 33.0 Å². The highest BCUT2D eigenvalue weighted by Crippen LogP contribution is 2.47. The summed E-state index contributed by atoms with van der Waals surface area (Å²) in [6.45, 7) is 10.5. The second kappa shape index (κ2) is 9.00. The second-order valence-corrected chi connectivity index (χ2v) is 7.13. The van der Waals surface area contributed by atoms with E-state index in [1.165, 1.54) is 64.2 Å². The normalized spacial score (nSPS) is 20.1. The van der Waals surface area contributed by atoms with E-state index >= 15 is 0 Å². The summed E-state index contributed by atoms with van der Waals surface area (Å²) in [7, 11) is 0. The number of nitrogens with one attached hydrogen (secondary N) is 1. The number of unbranched alkanes of at least 4 members (excludes halogenated alkanes) is 3. The third kappa shape index (κ3) is 5.45. The lowest BCUT2D eigenvalue weighted by atomic mass is 9.71. The Balaban J connectivity index is 2.58. The first kappa shape index (κ1) is 17.0. The van der Waals surface area contributed by atoms with Crippen LogP contribution in [0.4, 0.5) is 0 Å². The van der Waals surface area contributed by atoms with Crippen LogP contribution in [-0.4, -0.2) is 12.6 Å². The molecule has 114 valence electrons. The molecule has 1 saturated carbocycles. The van der Waals surface area contributed by atoms with Crippen molar-refractivity contribution in [3.8, 4) is 0 Å². The molecular weight excluding hydrogens is 230 g/mol. The van der Waals surface area contributed by atoms with E-state index in [-0.39, 0.29) is 0 Å². The molecule has 1 aliphatic carbocycles. The molecule has 1 fully saturated rings. The summed E-state index contributed by atoms with van der Waals surface area (Å²) in [5.74, 6) is 0.842. The maximum Gasteiger partial charge on any atom is 0.0123 e. The molecule has 0 aliphatic heterocycles. The van der Waals surface area contributed by atoms with E-state index < -0.39 is 0 Å². The molecule has 0 bridgehead atoms. The van der Waals surface area contributed by atoms with Crippen LogP contribution in [0.1, 0.15) is 91.9 Å². The lowest BCUT2D eigenvalue weighted by Crippen LogP contribution is -2.44. The summed E-state index contributed by atoms with van der Waals surface area (Å²) in [5, 5.41) is 3.85. The number of hydrogen-bond acceptors (Lipinski definition) is 1. The molecule has 0 heterocycles. The predicted molar refractivity (Wildman–Crippen MR) is 86.6 cm³/mol. The molecule has 1 heteroatoms. The van der Waals surface area contributed by atoms with E-state index in [4.69, 9.17) is 0 Å². The monoisotopic (exact) mass is 267 g/mol. The summed E-state index contributed by atoms with van der Waals surface area (Å²) < 4.78 is 0. The third-order valence-corrected chi connectivity index (χ3v) is 4.95. The van der Waals surface area contributed by atoms with Crippen LogP contribution in [0, 0.1) is 11.3 Å². The van der Waals surface area contributed by atoms with Gasteiger partial charge < -0.3 is 5.32 Å². The predicted octanol–water partition coefficient (Wildman–Crippen LogP) is 5.54. The van der Waals surface area contributed by atoms with E-state index in [9.17, 15) is 0 Å². The van der Waals surface area contributed by atoms with Gasteiger partial charge in [-0.1, -0.05) is 66.2 Å². The van der Waals surface area contributed by atoms with Crippen LogP contribution in [0.5, 0.6) is 0 Å². The van der Waals surface area contributed by atoms with Gasteiger partial charge in [-0.25, -0.2) is 0 Å². The molecular formula is C18H37N. The zero-order valence-corrected chi connectivity index (χ0v) is 13.9. The maximum absolute atomic E-state index is 3.85.